The molecule has 1 aromatic carbocycles. The molecule has 2 N–H and O–H groups in total. The summed E-state index contributed by atoms with van der Waals surface area (Å²) in [5.41, 5.74) is 7.33. The number of nitrogens with two attached hydrogens (primary N) is 1. The molecule has 0 atom stereocenters. The average molecular weight is 310 g/mol. The smallest absolute Gasteiger partial charge is 0.254 e. The van der Waals surface area contributed by atoms with Crippen molar-refractivity contribution in [2.45, 2.75) is 6.54 Å². The molecule has 1 aromatic heterocycles. The summed E-state index contributed by atoms with van der Waals surface area (Å²) in [5.74, 6) is -0.175. The SMILES string of the molecule is CN(Cc1ccncc1)C(=O)c1cc(Cl)c(N)c(Cl)c1. The molecule has 0 aliphatic carbocycles. The summed E-state index contributed by atoms with van der Waals surface area (Å²) in [6.07, 6.45) is 3.37. The van der Waals surface area contributed by atoms with E-state index in [2.05, 4.69) is 4.98 Å². The third-order valence-corrected chi connectivity index (χ3v) is 3.47. The van der Waals surface area contributed by atoms with Crippen LogP contribution in [0.1, 0.15) is 15.9 Å². The van der Waals surface area contributed by atoms with Gasteiger partial charge in [0.2, 0.25) is 0 Å². The Morgan fingerprint density at radius 1 is 1.25 bits per heavy atom. The molecule has 1 heterocycles. The highest BCUT2D eigenvalue weighted by Gasteiger charge is 2.15. The number of pyridine rings is 1. The molecule has 0 aliphatic heterocycles. The van der Waals surface area contributed by atoms with E-state index in [1.165, 1.54) is 12.1 Å². The Hall–Kier alpha value is -1.78. The molecule has 2 rings (SSSR count). The average Bonchev–Trinajstić information content (AvgIpc) is 2.44. The number of carbonyl (C=O) groups excluding carboxylic acids is 1. The number of rotatable bonds is 3. The predicted molar refractivity (Wildman–Crippen MR) is 80.9 cm³/mol. The van der Waals surface area contributed by atoms with Crippen molar-refractivity contribution in [1.82, 2.24) is 9.88 Å². The molecular formula is C14H13Cl2N3O. The molecule has 0 unspecified atom stereocenters. The molecule has 0 spiro atoms. The van der Waals surface area contributed by atoms with Gasteiger partial charge in [-0.1, -0.05) is 23.2 Å². The van der Waals surface area contributed by atoms with E-state index in [1.807, 2.05) is 12.1 Å². The number of aromatic nitrogens is 1. The van der Waals surface area contributed by atoms with Crippen LogP contribution in [0.25, 0.3) is 0 Å². The number of nitrogen functional groups attached to an aromatic ring is 1. The first-order chi connectivity index (χ1) is 9.49. The zero-order valence-electron chi connectivity index (χ0n) is 10.8. The van der Waals surface area contributed by atoms with E-state index in [-0.39, 0.29) is 21.6 Å². The number of amides is 1. The molecule has 6 heteroatoms. The summed E-state index contributed by atoms with van der Waals surface area (Å²) in [6.45, 7) is 0.473. The normalized spacial score (nSPS) is 10.3. The summed E-state index contributed by atoms with van der Waals surface area (Å²) in [4.78, 5) is 17.8. The molecular weight excluding hydrogens is 297 g/mol. The zero-order valence-corrected chi connectivity index (χ0v) is 12.3. The second-order valence-electron chi connectivity index (χ2n) is 4.37. The minimum absolute atomic E-state index is 0.175. The minimum atomic E-state index is -0.175. The summed E-state index contributed by atoms with van der Waals surface area (Å²) in [6, 6.07) is 6.75. The van der Waals surface area contributed by atoms with Gasteiger partial charge in [-0.15, -0.1) is 0 Å². The third-order valence-electron chi connectivity index (χ3n) is 2.84. The molecule has 0 bridgehead atoms. The van der Waals surface area contributed by atoms with Crippen molar-refractivity contribution in [3.63, 3.8) is 0 Å². The van der Waals surface area contributed by atoms with Gasteiger partial charge in [-0.25, -0.2) is 0 Å². The van der Waals surface area contributed by atoms with Crippen molar-refractivity contribution in [3.8, 4) is 0 Å². The van der Waals surface area contributed by atoms with Gasteiger partial charge in [-0.3, -0.25) is 9.78 Å². The molecule has 0 fully saturated rings. The maximum absolute atomic E-state index is 12.3. The molecule has 0 aliphatic rings. The van der Waals surface area contributed by atoms with Crippen LogP contribution in [-0.4, -0.2) is 22.8 Å². The summed E-state index contributed by atoms with van der Waals surface area (Å²) < 4.78 is 0. The second-order valence-corrected chi connectivity index (χ2v) is 5.18. The molecule has 0 radical (unpaired) electrons. The predicted octanol–water partition coefficient (Wildman–Crippen LogP) is 3.24. The number of nitrogens with zero attached hydrogens (tertiary/aromatic N) is 2. The second kappa shape index (κ2) is 6.11. The van der Waals surface area contributed by atoms with Crippen LogP contribution in [0.5, 0.6) is 0 Å². The quantitative estimate of drug-likeness (QED) is 0.885. The van der Waals surface area contributed by atoms with Crippen LogP contribution < -0.4 is 5.73 Å². The standard InChI is InChI=1S/C14H13Cl2N3O/c1-19(8-9-2-4-18-5-3-9)14(20)10-6-11(15)13(17)12(16)7-10/h2-7H,8,17H2,1H3. The van der Waals surface area contributed by atoms with Crippen molar-refractivity contribution >= 4 is 34.8 Å². The number of anilines is 1. The number of carbonyl (C=O) groups is 1. The minimum Gasteiger partial charge on any atom is -0.396 e. The zero-order chi connectivity index (χ0) is 14.7. The van der Waals surface area contributed by atoms with Crippen LogP contribution in [0.2, 0.25) is 10.0 Å². The van der Waals surface area contributed by atoms with E-state index in [9.17, 15) is 4.79 Å². The van der Waals surface area contributed by atoms with Crippen molar-refractivity contribution in [2.75, 3.05) is 12.8 Å². The Kier molecular flexibility index (Phi) is 4.47. The van der Waals surface area contributed by atoms with E-state index in [4.69, 9.17) is 28.9 Å². The van der Waals surface area contributed by atoms with Gasteiger partial charge in [0, 0.05) is 31.5 Å². The van der Waals surface area contributed by atoms with Crippen molar-refractivity contribution < 1.29 is 4.79 Å². The van der Waals surface area contributed by atoms with Crippen LogP contribution in [0.4, 0.5) is 5.69 Å². The Labute approximate surface area is 127 Å². The van der Waals surface area contributed by atoms with E-state index in [0.29, 0.717) is 12.1 Å². The van der Waals surface area contributed by atoms with Gasteiger partial charge in [0.25, 0.3) is 5.91 Å². The highest BCUT2D eigenvalue weighted by Crippen LogP contribution is 2.29. The Morgan fingerprint density at radius 3 is 2.35 bits per heavy atom. The van der Waals surface area contributed by atoms with Gasteiger partial charge in [0.05, 0.1) is 15.7 Å². The van der Waals surface area contributed by atoms with Crippen LogP contribution in [0.15, 0.2) is 36.7 Å². The molecule has 104 valence electrons. The fraction of sp³-hybridized carbons (Fsp3) is 0.143. The van der Waals surface area contributed by atoms with Crippen LogP contribution >= 0.6 is 23.2 Å². The summed E-state index contributed by atoms with van der Waals surface area (Å²) >= 11 is 11.9. The first-order valence-electron chi connectivity index (χ1n) is 5.88. The lowest BCUT2D eigenvalue weighted by Crippen LogP contribution is -2.26. The number of hydrogen-bond donors (Lipinski definition) is 1. The number of halogens is 2. The van der Waals surface area contributed by atoms with Gasteiger partial charge >= 0.3 is 0 Å². The van der Waals surface area contributed by atoms with Crippen molar-refractivity contribution in [1.29, 1.82) is 0 Å². The Balaban J connectivity index is 2.19. The van der Waals surface area contributed by atoms with Gasteiger partial charge in [0.1, 0.15) is 0 Å². The number of hydrogen-bond acceptors (Lipinski definition) is 3. The fourth-order valence-corrected chi connectivity index (χ4v) is 2.25. The molecule has 20 heavy (non-hydrogen) atoms. The lowest BCUT2D eigenvalue weighted by Gasteiger charge is -2.18. The van der Waals surface area contributed by atoms with Crippen molar-refractivity contribution in [2.24, 2.45) is 0 Å². The van der Waals surface area contributed by atoms with Gasteiger partial charge in [0.15, 0.2) is 0 Å². The fourth-order valence-electron chi connectivity index (χ4n) is 1.76. The highest BCUT2D eigenvalue weighted by molar-refractivity contribution is 6.39. The third kappa shape index (κ3) is 3.21. The topological polar surface area (TPSA) is 59.2 Å². The first-order valence-corrected chi connectivity index (χ1v) is 6.63. The van der Waals surface area contributed by atoms with E-state index >= 15 is 0 Å². The Bertz CT molecular complexity index is 609. The first kappa shape index (κ1) is 14.6. The van der Waals surface area contributed by atoms with E-state index in [0.717, 1.165) is 5.56 Å². The highest BCUT2D eigenvalue weighted by atomic mass is 35.5. The number of benzene rings is 1. The monoisotopic (exact) mass is 309 g/mol. The molecule has 4 nitrogen and oxygen atoms in total. The molecule has 1 amide bonds. The summed E-state index contributed by atoms with van der Waals surface area (Å²) in [5, 5.41) is 0.552. The van der Waals surface area contributed by atoms with E-state index in [1.54, 1.807) is 24.3 Å². The largest absolute Gasteiger partial charge is 0.396 e. The van der Waals surface area contributed by atoms with Crippen LogP contribution in [0.3, 0.4) is 0 Å². The lowest BCUT2D eigenvalue weighted by atomic mass is 10.1. The van der Waals surface area contributed by atoms with Crippen LogP contribution in [0, 0.1) is 0 Å². The van der Waals surface area contributed by atoms with Crippen molar-refractivity contribution in [3.05, 3.63) is 57.8 Å². The van der Waals surface area contributed by atoms with Gasteiger partial charge in [-0.2, -0.15) is 0 Å². The van der Waals surface area contributed by atoms with Gasteiger partial charge < -0.3 is 10.6 Å². The maximum atomic E-state index is 12.3. The molecule has 0 saturated carbocycles. The molecule has 0 saturated heterocycles. The summed E-state index contributed by atoms with van der Waals surface area (Å²) in [7, 11) is 1.71. The van der Waals surface area contributed by atoms with E-state index < -0.39 is 0 Å². The Morgan fingerprint density at radius 2 is 1.80 bits per heavy atom. The van der Waals surface area contributed by atoms with Gasteiger partial charge in [-0.05, 0) is 29.8 Å². The molecule has 2 aromatic rings. The van der Waals surface area contributed by atoms with Crippen LogP contribution in [-0.2, 0) is 6.54 Å². The lowest BCUT2D eigenvalue weighted by molar-refractivity contribution is 0.0785. The maximum Gasteiger partial charge on any atom is 0.254 e.